The molecule has 156 valence electrons. The van der Waals surface area contributed by atoms with E-state index in [1.54, 1.807) is 17.0 Å². The number of hydrogen-bond donors (Lipinski definition) is 2. The number of ether oxygens (including phenoxy) is 1. The number of rotatable bonds is 5. The third-order valence-electron chi connectivity index (χ3n) is 4.88. The van der Waals surface area contributed by atoms with E-state index in [9.17, 15) is 13.2 Å². The van der Waals surface area contributed by atoms with Gasteiger partial charge in [-0.05, 0) is 67.8 Å². The van der Waals surface area contributed by atoms with Crippen molar-refractivity contribution in [2.45, 2.75) is 30.7 Å². The van der Waals surface area contributed by atoms with Gasteiger partial charge in [-0.25, -0.2) is 17.9 Å². The Hall–Kier alpha value is -2.10. The van der Waals surface area contributed by atoms with Crippen molar-refractivity contribution >= 4 is 37.7 Å². The third-order valence-corrected chi connectivity index (χ3v) is 7.31. The van der Waals surface area contributed by atoms with Gasteiger partial charge in [-0.1, -0.05) is 15.9 Å². The highest BCUT2D eigenvalue weighted by Crippen LogP contribution is 2.21. The number of sulfonamides is 1. The first-order valence-corrected chi connectivity index (χ1v) is 11.5. The molecule has 0 aliphatic carbocycles. The van der Waals surface area contributed by atoms with Gasteiger partial charge in [-0.2, -0.15) is 0 Å². The van der Waals surface area contributed by atoms with Crippen LogP contribution in [-0.4, -0.2) is 45.6 Å². The van der Waals surface area contributed by atoms with Crippen LogP contribution >= 0.6 is 15.9 Å². The molecule has 2 aromatic rings. The lowest BCUT2D eigenvalue weighted by Crippen LogP contribution is -2.47. The molecule has 0 saturated carbocycles. The number of hydrogen-bond acceptors (Lipinski definition) is 4. The number of anilines is 1. The number of halogens is 1. The summed E-state index contributed by atoms with van der Waals surface area (Å²) in [6, 6.07) is 11.5. The van der Waals surface area contributed by atoms with Crippen LogP contribution in [-0.2, 0) is 10.0 Å². The minimum atomic E-state index is -3.61. The number of carbonyl (C=O) groups excluding carboxylic acids is 1. The average molecular weight is 482 g/mol. The SMILES string of the molecule is COc1ccc(S(=O)(=O)NC2CCN(C(=O)Nc3ccc(Br)c(C)c3)CC2)cc1. The molecular weight excluding hydrogens is 458 g/mol. The number of nitrogens with one attached hydrogen (secondary N) is 2. The fourth-order valence-electron chi connectivity index (χ4n) is 3.17. The Morgan fingerprint density at radius 1 is 1.14 bits per heavy atom. The summed E-state index contributed by atoms with van der Waals surface area (Å²) in [5.74, 6) is 0.601. The number of likely N-dealkylation sites (tertiary alicyclic amines) is 1. The van der Waals surface area contributed by atoms with E-state index in [0.29, 0.717) is 31.7 Å². The van der Waals surface area contributed by atoms with Crippen LogP contribution in [0.2, 0.25) is 0 Å². The maximum absolute atomic E-state index is 12.6. The average Bonchev–Trinajstić information content (AvgIpc) is 2.71. The first-order valence-electron chi connectivity index (χ1n) is 9.27. The summed E-state index contributed by atoms with van der Waals surface area (Å²) in [6.07, 6.45) is 1.12. The van der Waals surface area contributed by atoms with Crippen LogP contribution in [0, 0.1) is 6.92 Å². The molecule has 1 aliphatic heterocycles. The molecule has 7 nitrogen and oxygen atoms in total. The lowest BCUT2D eigenvalue weighted by atomic mass is 10.1. The van der Waals surface area contributed by atoms with Crippen molar-refractivity contribution in [2.24, 2.45) is 0 Å². The van der Waals surface area contributed by atoms with Gasteiger partial charge in [0.1, 0.15) is 5.75 Å². The van der Waals surface area contributed by atoms with E-state index in [4.69, 9.17) is 4.74 Å². The van der Waals surface area contributed by atoms with Crippen LogP contribution in [0.4, 0.5) is 10.5 Å². The van der Waals surface area contributed by atoms with Gasteiger partial charge in [0.15, 0.2) is 0 Å². The third kappa shape index (κ3) is 5.49. The topological polar surface area (TPSA) is 87.7 Å². The predicted octanol–water partition coefficient (Wildman–Crippen LogP) is 3.74. The zero-order valence-corrected chi connectivity index (χ0v) is 18.7. The number of piperidine rings is 1. The van der Waals surface area contributed by atoms with Gasteiger partial charge in [0.2, 0.25) is 10.0 Å². The van der Waals surface area contributed by atoms with Gasteiger partial charge < -0.3 is 15.0 Å². The van der Waals surface area contributed by atoms with Crippen LogP contribution < -0.4 is 14.8 Å². The summed E-state index contributed by atoms with van der Waals surface area (Å²) in [6.45, 7) is 2.93. The number of urea groups is 1. The Morgan fingerprint density at radius 2 is 1.79 bits per heavy atom. The van der Waals surface area contributed by atoms with E-state index in [-0.39, 0.29) is 17.0 Å². The molecule has 1 fully saturated rings. The van der Waals surface area contributed by atoms with Crippen LogP contribution in [0.25, 0.3) is 0 Å². The fraction of sp³-hybridized carbons (Fsp3) is 0.350. The molecule has 1 heterocycles. The molecule has 0 spiro atoms. The smallest absolute Gasteiger partial charge is 0.321 e. The molecule has 2 N–H and O–H groups in total. The summed E-state index contributed by atoms with van der Waals surface area (Å²) in [5, 5.41) is 2.90. The van der Waals surface area contributed by atoms with Crippen molar-refractivity contribution < 1.29 is 17.9 Å². The Labute approximate surface area is 179 Å². The van der Waals surface area contributed by atoms with E-state index in [0.717, 1.165) is 15.7 Å². The van der Waals surface area contributed by atoms with E-state index >= 15 is 0 Å². The van der Waals surface area contributed by atoms with Crippen LogP contribution in [0.3, 0.4) is 0 Å². The summed E-state index contributed by atoms with van der Waals surface area (Å²) >= 11 is 3.44. The minimum Gasteiger partial charge on any atom is -0.497 e. The molecule has 2 aromatic carbocycles. The standard InChI is InChI=1S/C20H24BrN3O4S/c1-14-13-16(3-8-19(14)21)22-20(25)24-11-9-15(10-12-24)23-29(26,27)18-6-4-17(28-2)5-7-18/h3-8,13,15,23H,9-12H2,1-2H3,(H,22,25). The zero-order chi connectivity index (χ0) is 21.0. The number of methoxy groups -OCH3 is 1. The first-order chi connectivity index (χ1) is 13.8. The summed E-state index contributed by atoms with van der Waals surface area (Å²) in [4.78, 5) is 14.4. The van der Waals surface area contributed by atoms with E-state index in [1.807, 2.05) is 25.1 Å². The van der Waals surface area contributed by atoms with Crippen molar-refractivity contribution in [1.29, 1.82) is 0 Å². The largest absolute Gasteiger partial charge is 0.497 e. The van der Waals surface area contributed by atoms with E-state index < -0.39 is 10.0 Å². The molecular formula is C20H24BrN3O4S. The second kappa shape index (κ2) is 9.15. The molecule has 1 saturated heterocycles. The molecule has 0 aromatic heterocycles. The Kier molecular flexibility index (Phi) is 6.81. The lowest BCUT2D eigenvalue weighted by Gasteiger charge is -2.32. The predicted molar refractivity (Wildman–Crippen MR) is 116 cm³/mol. The molecule has 1 aliphatic rings. The highest BCUT2D eigenvalue weighted by atomic mass is 79.9. The monoisotopic (exact) mass is 481 g/mol. The zero-order valence-electron chi connectivity index (χ0n) is 16.3. The number of amides is 2. The quantitative estimate of drug-likeness (QED) is 0.680. The minimum absolute atomic E-state index is 0.178. The molecule has 29 heavy (non-hydrogen) atoms. The number of nitrogens with zero attached hydrogens (tertiary/aromatic N) is 1. The van der Waals surface area contributed by atoms with Crippen molar-refractivity contribution in [1.82, 2.24) is 9.62 Å². The normalized spacial score (nSPS) is 15.2. The van der Waals surface area contributed by atoms with Gasteiger partial charge in [0.25, 0.3) is 0 Å². The van der Waals surface area contributed by atoms with Crippen LogP contribution in [0.5, 0.6) is 5.75 Å². The number of benzene rings is 2. The Bertz CT molecular complexity index is 972. The number of aryl methyl sites for hydroxylation is 1. The molecule has 0 atom stereocenters. The van der Waals surface area contributed by atoms with Crippen molar-refractivity contribution in [3.8, 4) is 5.75 Å². The number of carbonyl (C=O) groups is 1. The maximum atomic E-state index is 12.6. The Morgan fingerprint density at radius 3 is 2.38 bits per heavy atom. The van der Waals surface area contributed by atoms with E-state index in [1.165, 1.54) is 19.2 Å². The molecule has 0 unspecified atom stereocenters. The molecule has 2 amide bonds. The van der Waals surface area contributed by atoms with Gasteiger partial charge in [0.05, 0.1) is 12.0 Å². The molecule has 0 radical (unpaired) electrons. The molecule has 9 heteroatoms. The molecule has 3 rings (SSSR count). The van der Waals surface area contributed by atoms with Crippen molar-refractivity contribution in [2.75, 3.05) is 25.5 Å². The summed E-state index contributed by atoms with van der Waals surface area (Å²) < 4.78 is 33.9. The summed E-state index contributed by atoms with van der Waals surface area (Å²) in [7, 11) is -2.08. The maximum Gasteiger partial charge on any atom is 0.321 e. The van der Waals surface area contributed by atoms with Gasteiger partial charge in [0, 0.05) is 29.3 Å². The van der Waals surface area contributed by atoms with Crippen molar-refractivity contribution in [3.63, 3.8) is 0 Å². The van der Waals surface area contributed by atoms with E-state index in [2.05, 4.69) is 26.0 Å². The fourth-order valence-corrected chi connectivity index (χ4v) is 4.72. The second-order valence-corrected chi connectivity index (χ2v) is 9.52. The van der Waals surface area contributed by atoms with Crippen LogP contribution in [0.15, 0.2) is 51.8 Å². The van der Waals surface area contributed by atoms with Crippen LogP contribution in [0.1, 0.15) is 18.4 Å². The molecule has 0 bridgehead atoms. The van der Waals surface area contributed by atoms with Gasteiger partial charge >= 0.3 is 6.03 Å². The lowest BCUT2D eigenvalue weighted by molar-refractivity contribution is 0.193. The Balaban J connectivity index is 1.54. The van der Waals surface area contributed by atoms with Crippen molar-refractivity contribution in [3.05, 3.63) is 52.5 Å². The van der Waals surface area contributed by atoms with Gasteiger partial charge in [-0.15, -0.1) is 0 Å². The second-order valence-electron chi connectivity index (χ2n) is 6.95. The van der Waals surface area contributed by atoms with Gasteiger partial charge in [-0.3, -0.25) is 0 Å². The highest BCUT2D eigenvalue weighted by molar-refractivity contribution is 9.10. The first kappa shape index (κ1) is 21.6. The summed E-state index contributed by atoms with van der Waals surface area (Å²) in [5.41, 5.74) is 1.77. The highest BCUT2D eigenvalue weighted by Gasteiger charge is 2.26.